The molecule has 0 aliphatic heterocycles. The van der Waals surface area contributed by atoms with Gasteiger partial charge in [0, 0.05) is 5.69 Å². The molecule has 0 aliphatic rings. The molecule has 1 N–H and O–H groups in total. The number of anilines is 1. The van der Waals surface area contributed by atoms with E-state index in [1.807, 2.05) is 0 Å². The summed E-state index contributed by atoms with van der Waals surface area (Å²) in [6, 6.07) is 10.2. The van der Waals surface area contributed by atoms with E-state index in [0.717, 1.165) is 0 Å². The number of carbonyl (C=O) groups excluding carboxylic acids is 2. The highest BCUT2D eigenvalue weighted by Gasteiger charge is 2.13. The van der Waals surface area contributed by atoms with Gasteiger partial charge in [-0.05, 0) is 35.9 Å². The number of amides is 1. The highest BCUT2D eigenvalue weighted by atomic mass is 35.5. The molecule has 8 heteroatoms. The molecule has 2 rings (SSSR count). The predicted octanol–water partition coefficient (Wildman–Crippen LogP) is 3.91. The van der Waals surface area contributed by atoms with Crippen molar-refractivity contribution in [2.24, 2.45) is 0 Å². The third-order valence-electron chi connectivity index (χ3n) is 3.17. The number of hydrogen-bond acceptors (Lipinski definition) is 4. The molecule has 1 amide bonds. The topological polar surface area (TPSA) is 64.6 Å². The van der Waals surface area contributed by atoms with Crippen molar-refractivity contribution >= 4 is 29.2 Å². The summed E-state index contributed by atoms with van der Waals surface area (Å²) in [5.74, 6) is -0.948. The van der Waals surface area contributed by atoms with Crippen molar-refractivity contribution in [2.75, 3.05) is 12.4 Å². The van der Waals surface area contributed by atoms with E-state index in [-0.39, 0.29) is 28.7 Å². The highest BCUT2D eigenvalue weighted by molar-refractivity contribution is 6.33. The number of nitrogens with one attached hydrogen (secondary N) is 1. The van der Waals surface area contributed by atoms with Gasteiger partial charge in [0.1, 0.15) is 5.75 Å². The van der Waals surface area contributed by atoms with Gasteiger partial charge in [0.25, 0.3) is 0 Å². The van der Waals surface area contributed by atoms with E-state index in [1.165, 1.54) is 43.5 Å². The molecule has 0 atom stereocenters. The number of halogens is 3. The zero-order valence-electron chi connectivity index (χ0n) is 13.1. The van der Waals surface area contributed by atoms with Crippen LogP contribution in [0.25, 0.3) is 0 Å². The van der Waals surface area contributed by atoms with Crippen LogP contribution in [0.3, 0.4) is 0 Å². The molecule has 0 fully saturated rings. The van der Waals surface area contributed by atoms with Crippen LogP contribution in [0.4, 0.5) is 14.5 Å². The van der Waals surface area contributed by atoms with E-state index < -0.39 is 12.6 Å². The number of benzene rings is 2. The number of ether oxygens (including phenoxy) is 2. The Bertz CT molecular complexity index is 766. The maximum Gasteiger partial charge on any atom is 0.387 e. The third kappa shape index (κ3) is 5.42. The molecular formula is C17H14ClF2NO4. The summed E-state index contributed by atoms with van der Waals surface area (Å²) in [7, 11) is 1.23. The lowest BCUT2D eigenvalue weighted by molar-refractivity contribution is -0.115. The second kappa shape index (κ2) is 8.43. The zero-order chi connectivity index (χ0) is 18.4. The lowest BCUT2D eigenvalue weighted by Gasteiger charge is -2.09. The Kier molecular flexibility index (Phi) is 6.30. The molecular weight excluding hydrogens is 356 g/mol. The maximum atomic E-state index is 12.1. The number of carbonyl (C=O) groups is 2. The molecule has 25 heavy (non-hydrogen) atoms. The molecule has 5 nitrogen and oxygen atoms in total. The quantitative estimate of drug-likeness (QED) is 0.784. The summed E-state index contributed by atoms with van der Waals surface area (Å²) in [4.78, 5) is 23.7. The maximum absolute atomic E-state index is 12.1. The number of rotatable bonds is 6. The van der Waals surface area contributed by atoms with Crippen molar-refractivity contribution in [3.05, 3.63) is 58.6 Å². The van der Waals surface area contributed by atoms with Crippen molar-refractivity contribution in [3.8, 4) is 5.75 Å². The lowest BCUT2D eigenvalue weighted by atomic mass is 10.1. The van der Waals surface area contributed by atoms with Crippen LogP contribution < -0.4 is 10.1 Å². The SMILES string of the molecule is COC(=O)c1cc(NC(=O)Cc2ccc(OC(F)F)cc2)ccc1Cl. The fourth-order valence-corrected chi connectivity index (χ4v) is 2.24. The van der Waals surface area contributed by atoms with Crippen LogP contribution >= 0.6 is 11.6 Å². The number of methoxy groups -OCH3 is 1. The molecule has 2 aromatic carbocycles. The molecule has 0 radical (unpaired) electrons. The van der Waals surface area contributed by atoms with E-state index in [0.29, 0.717) is 11.3 Å². The Balaban J connectivity index is 2.01. The fraction of sp³-hybridized carbons (Fsp3) is 0.176. The average Bonchev–Trinajstić information content (AvgIpc) is 2.57. The molecule has 0 unspecified atom stereocenters. The number of esters is 1. The summed E-state index contributed by atoms with van der Waals surface area (Å²) in [6.45, 7) is -2.90. The summed E-state index contributed by atoms with van der Waals surface area (Å²) >= 11 is 5.91. The minimum Gasteiger partial charge on any atom is -0.465 e. The zero-order valence-corrected chi connectivity index (χ0v) is 13.8. The first-order valence-electron chi connectivity index (χ1n) is 7.10. The van der Waals surface area contributed by atoms with Gasteiger partial charge >= 0.3 is 12.6 Å². The summed E-state index contributed by atoms with van der Waals surface area (Å²) in [6.07, 6.45) is 0.0190. The van der Waals surface area contributed by atoms with Gasteiger partial charge in [-0.3, -0.25) is 4.79 Å². The van der Waals surface area contributed by atoms with Gasteiger partial charge in [0.15, 0.2) is 0 Å². The normalized spacial score (nSPS) is 10.4. The minimum absolute atomic E-state index is 0.0135. The van der Waals surface area contributed by atoms with Crippen LogP contribution in [0.2, 0.25) is 5.02 Å². The van der Waals surface area contributed by atoms with Gasteiger partial charge in [-0.1, -0.05) is 23.7 Å². The van der Waals surface area contributed by atoms with E-state index >= 15 is 0 Å². The first kappa shape index (κ1) is 18.7. The smallest absolute Gasteiger partial charge is 0.387 e. The second-order valence-electron chi connectivity index (χ2n) is 4.93. The molecule has 0 saturated carbocycles. The Morgan fingerprint density at radius 3 is 2.44 bits per heavy atom. The lowest BCUT2D eigenvalue weighted by Crippen LogP contribution is -2.15. The highest BCUT2D eigenvalue weighted by Crippen LogP contribution is 2.22. The van der Waals surface area contributed by atoms with Crippen LogP contribution in [0.5, 0.6) is 5.75 Å². The van der Waals surface area contributed by atoms with E-state index in [1.54, 1.807) is 6.07 Å². The molecule has 0 bridgehead atoms. The summed E-state index contributed by atoms with van der Waals surface area (Å²) < 4.78 is 33.0. The van der Waals surface area contributed by atoms with Crippen LogP contribution in [0.15, 0.2) is 42.5 Å². The molecule has 2 aromatic rings. The Hall–Kier alpha value is -2.67. The van der Waals surface area contributed by atoms with Gasteiger partial charge in [-0.2, -0.15) is 8.78 Å². The van der Waals surface area contributed by atoms with E-state index in [4.69, 9.17) is 11.6 Å². The first-order valence-corrected chi connectivity index (χ1v) is 7.48. The Morgan fingerprint density at radius 1 is 1.16 bits per heavy atom. The number of hydrogen-bond donors (Lipinski definition) is 1. The van der Waals surface area contributed by atoms with Crippen LogP contribution in [0, 0.1) is 0 Å². The van der Waals surface area contributed by atoms with Crippen molar-refractivity contribution in [2.45, 2.75) is 13.0 Å². The summed E-state index contributed by atoms with van der Waals surface area (Å²) in [5.41, 5.74) is 1.13. The van der Waals surface area contributed by atoms with Gasteiger partial charge in [-0.15, -0.1) is 0 Å². The molecule has 132 valence electrons. The Morgan fingerprint density at radius 2 is 1.84 bits per heavy atom. The van der Waals surface area contributed by atoms with Crippen molar-refractivity contribution < 1.29 is 27.8 Å². The van der Waals surface area contributed by atoms with Crippen molar-refractivity contribution in [1.82, 2.24) is 0 Å². The second-order valence-corrected chi connectivity index (χ2v) is 5.34. The first-order chi connectivity index (χ1) is 11.9. The van der Waals surface area contributed by atoms with E-state index in [2.05, 4.69) is 14.8 Å². The molecule has 0 spiro atoms. The molecule has 0 aromatic heterocycles. The molecule has 0 saturated heterocycles. The monoisotopic (exact) mass is 369 g/mol. The fourth-order valence-electron chi connectivity index (χ4n) is 2.05. The van der Waals surface area contributed by atoms with Gasteiger partial charge in [-0.25, -0.2) is 4.79 Å². The predicted molar refractivity (Wildman–Crippen MR) is 88.2 cm³/mol. The minimum atomic E-state index is -2.90. The van der Waals surface area contributed by atoms with Crippen LogP contribution in [-0.2, 0) is 16.0 Å². The van der Waals surface area contributed by atoms with Crippen LogP contribution in [-0.4, -0.2) is 25.6 Å². The number of alkyl halides is 2. The molecule has 0 heterocycles. The van der Waals surface area contributed by atoms with Crippen molar-refractivity contribution in [3.63, 3.8) is 0 Å². The van der Waals surface area contributed by atoms with Crippen LogP contribution in [0.1, 0.15) is 15.9 Å². The standard InChI is InChI=1S/C17H14ClF2NO4/c1-24-16(23)13-9-11(4-7-14(13)18)21-15(22)8-10-2-5-12(6-3-10)25-17(19)20/h2-7,9,17H,8H2,1H3,(H,21,22). The van der Waals surface area contributed by atoms with E-state index in [9.17, 15) is 18.4 Å². The van der Waals surface area contributed by atoms with Crippen molar-refractivity contribution in [1.29, 1.82) is 0 Å². The van der Waals surface area contributed by atoms with Gasteiger partial charge in [0.05, 0.1) is 24.1 Å². The average molecular weight is 370 g/mol. The van der Waals surface area contributed by atoms with Gasteiger partial charge in [0.2, 0.25) is 5.91 Å². The third-order valence-corrected chi connectivity index (χ3v) is 3.50. The Labute approximate surface area is 147 Å². The van der Waals surface area contributed by atoms with Gasteiger partial charge < -0.3 is 14.8 Å². The largest absolute Gasteiger partial charge is 0.465 e. The molecule has 0 aliphatic carbocycles. The summed E-state index contributed by atoms with van der Waals surface area (Å²) in [5, 5.41) is 2.84.